The SMILES string of the molecule is CCOc1ccc(Oc2ccc(CCl)cn2)cc1. The van der Waals surface area contributed by atoms with Crippen molar-refractivity contribution in [3.63, 3.8) is 0 Å². The van der Waals surface area contributed by atoms with Crippen LogP contribution in [0.25, 0.3) is 0 Å². The summed E-state index contributed by atoms with van der Waals surface area (Å²) in [7, 11) is 0. The van der Waals surface area contributed by atoms with Crippen LogP contribution < -0.4 is 9.47 Å². The minimum atomic E-state index is 0.455. The minimum absolute atomic E-state index is 0.455. The van der Waals surface area contributed by atoms with Crippen molar-refractivity contribution in [2.24, 2.45) is 0 Å². The predicted molar refractivity (Wildman–Crippen MR) is 71.5 cm³/mol. The highest BCUT2D eigenvalue weighted by molar-refractivity contribution is 6.17. The molecule has 18 heavy (non-hydrogen) atoms. The summed E-state index contributed by atoms with van der Waals surface area (Å²) in [5.74, 6) is 2.56. The summed E-state index contributed by atoms with van der Waals surface area (Å²) >= 11 is 5.69. The molecule has 0 radical (unpaired) electrons. The van der Waals surface area contributed by atoms with E-state index in [1.807, 2.05) is 37.3 Å². The van der Waals surface area contributed by atoms with Gasteiger partial charge < -0.3 is 9.47 Å². The lowest BCUT2D eigenvalue weighted by molar-refractivity contribution is 0.339. The van der Waals surface area contributed by atoms with Gasteiger partial charge in [-0.15, -0.1) is 11.6 Å². The van der Waals surface area contributed by atoms with Gasteiger partial charge in [-0.25, -0.2) is 4.98 Å². The van der Waals surface area contributed by atoms with Gasteiger partial charge in [0.1, 0.15) is 11.5 Å². The average Bonchev–Trinajstić information content (AvgIpc) is 2.42. The van der Waals surface area contributed by atoms with Crippen molar-refractivity contribution in [2.75, 3.05) is 6.61 Å². The van der Waals surface area contributed by atoms with Gasteiger partial charge in [0.15, 0.2) is 0 Å². The van der Waals surface area contributed by atoms with Gasteiger partial charge in [-0.2, -0.15) is 0 Å². The van der Waals surface area contributed by atoms with Crippen LogP contribution in [0.3, 0.4) is 0 Å². The zero-order valence-electron chi connectivity index (χ0n) is 10.1. The summed E-state index contributed by atoms with van der Waals surface area (Å²) in [6.07, 6.45) is 1.71. The first-order valence-corrected chi connectivity index (χ1v) is 6.27. The van der Waals surface area contributed by atoms with Crippen LogP contribution in [0.5, 0.6) is 17.4 Å². The molecule has 1 aromatic carbocycles. The Balaban J connectivity index is 2.03. The highest BCUT2D eigenvalue weighted by Crippen LogP contribution is 2.22. The standard InChI is InChI=1S/C14H14ClNO2/c1-2-17-12-4-6-13(7-5-12)18-14-8-3-11(9-15)10-16-14/h3-8,10H,2,9H2,1H3. The predicted octanol–water partition coefficient (Wildman–Crippen LogP) is 4.01. The first-order chi connectivity index (χ1) is 8.81. The van der Waals surface area contributed by atoms with Crippen molar-refractivity contribution in [1.29, 1.82) is 0 Å². The highest BCUT2D eigenvalue weighted by Gasteiger charge is 2.00. The molecule has 4 heteroatoms. The van der Waals surface area contributed by atoms with E-state index < -0.39 is 0 Å². The maximum atomic E-state index is 5.69. The van der Waals surface area contributed by atoms with E-state index in [-0.39, 0.29) is 0 Å². The number of pyridine rings is 1. The third kappa shape index (κ3) is 3.37. The molecule has 0 saturated carbocycles. The van der Waals surface area contributed by atoms with Crippen molar-refractivity contribution < 1.29 is 9.47 Å². The molecule has 0 aliphatic heterocycles. The van der Waals surface area contributed by atoms with Crippen molar-refractivity contribution in [1.82, 2.24) is 4.98 Å². The Bertz CT molecular complexity index is 482. The molecule has 1 aromatic heterocycles. The van der Waals surface area contributed by atoms with Crippen molar-refractivity contribution in [2.45, 2.75) is 12.8 Å². The normalized spacial score (nSPS) is 10.1. The zero-order valence-corrected chi connectivity index (χ0v) is 10.9. The number of halogens is 1. The van der Waals surface area contributed by atoms with Gasteiger partial charge in [0, 0.05) is 18.1 Å². The summed E-state index contributed by atoms with van der Waals surface area (Å²) in [6.45, 7) is 2.61. The smallest absolute Gasteiger partial charge is 0.219 e. The number of alkyl halides is 1. The topological polar surface area (TPSA) is 31.4 Å². The number of benzene rings is 1. The number of nitrogens with zero attached hydrogens (tertiary/aromatic N) is 1. The van der Waals surface area contributed by atoms with Gasteiger partial charge in [0.25, 0.3) is 0 Å². The average molecular weight is 264 g/mol. The fraction of sp³-hybridized carbons (Fsp3) is 0.214. The Hall–Kier alpha value is -1.74. The van der Waals surface area contributed by atoms with Crippen LogP contribution in [0.1, 0.15) is 12.5 Å². The van der Waals surface area contributed by atoms with Crippen LogP contribution >= 0.6 is 11.6 Å². The Morgan fingerprint density at radius 2 is 1.78 bits per heavy atom. The quantitative estimate of drug-likeness (QED) is 0.764. The maximum absolute atomic E-state index is 5.69. The zero-order chi connectivity index (χ0) is 12.8. The molecule has 0 saturated heterocycles. The summed E-state index contributed by atoms with van der Waals surface area (Å²) in [5, 5.41) is 0. The lowest BCUT2D eigenvalue weighted by atomic mass is 10.3. The minimum Gasteiger partial charge on any atom is -0.494 e. The van der Waals surface area contributed by atoms with Crippen LogP contribution in [-0.2, 0) is 5.88 Å². The lowest BCUT2D eigenvalue weighted by Gasteiger charge is -2.06. The molecule has 0 aliphatic rings. The Kier molecular flexibility index (Phi) is 4.42. The van der Waals surface area contributed by atoms with Gasteiger partial charge >= 0.3 is 0 Å². The highest BCUT2D eigenvalue weighted by atomic mass is 35.5. The monoisotopic (exact) mass is 263 g/mol. The van der Waals surface area contributed by atoms with E-state index >= 15 is 0 Å². The molecule has 3 nitrogen and oxygen atoms in total. The third-order valence-corrected chi connectivity index (χ3v) is 2.62. The molecule has 0 atom stereocenters. The van der Waals surface area contributed by atoms with E-state index in [1.54, 1.807) is 12.3 Å². The van der Waals surface area contributed by atoms with E-state index in [2.05, 4.69) is 4.98 Å². The van der Waals surface area contributed by atoms with Crippen molar-refractivity contribution >= 4 is 11.6 Å². The molecule has 94 valence electrons. The number of hydrogen-bond donors (Lipinski definition) is 0. The number of ether oxygens (including phenoxy) is 2. The molecule has 0 fully saturated rings. The Morgan fingerprint density at radius 1 is 1.06 bits per heavy atom. The Labute approximate surface area is 111 Å². The third-order valence-electron chi connectivity index (χ3n) is 2.31. The molecule has 2 aromatic rings. The fourth-order valence-corrected chi connectivity index (χ4v) is 1.60. The van der Waals surface area contributed by atoms with Gasteiger partial charge in [-0.1, -0.05) is 6.07 Å². The van der Waals surface area contributed by atoms with E-state index in [0.717, 1.165) is 17.1 Å². The number of hydrogen-bond acceptors (Lipinski definition) is 3. The molecule has 0 unspecified atom stereocenters. The van der Waals surface area contributed by atoms with E-state index in [0.29, 0.717) is 18.4 Å². The molecule has 0 spiro atoms. The van der Waals surface area contributed by atoms with E-state index in [9.17, 15) is 0 Å². The molecular weight excluding hydrogens is 250 g/mol. The van der Waals surface area contributed by atoms with Crippen LogP contribution in [-0.4, -0.2) is 11.6 Å². The van der Waals surface area contributed by atoms with Crippen molar-refractivity contribution in [3.05, 3.63) is 48.2 Å². The number of aromatic nitrogens is 1. The van der Waals surface area contributed by atoms with Crippen molar-refractivity contribution in [3.8, 4) is 17.4 Å². The molecule has 0 aliphatic carbocycles. The second-order valence-corrected chi connectivity index (χ2v) is 3.91. The molecule has 0 bridgehead atoms. The molecule has 0 amide bonds. The number of rotatable bonds is 5. The summed E-state index contributed by atoms with van der Waals surface area (Å²) in [4.78, 5) is 4.17. The van der Waals surface area contributed by atoms with Gasteiger partial charge in [0.2, 0.25) is 5.88 Å². The summed E-state index contributed by atoms with van der Waals surface area (Å²) < 4.78 is 11.0. The largest absolute Gasteiger partial charge is 0.494 e. The van der Waals surface area contributed by atoms with Crippen LogP contribution in [0.2, 0.25) is 0 Å². The second kappa shape index (κ2) is 6.26. The molecule has 1 heterocycles. The van der Waals surface area contributed by atoms with Crippen LogP contribution in [0.15, 0.2) is 42.6 Å². The maximum Gasteiger partial charge on any atom is 0.219 e. The summed E-state index contributed by atoms with van der Waals surface area (Å²) in [6, 6.07) is 11.1. The van der Waals surface area contributed by atoms with Gasteiger partial charge in [-0.05, 0) is 36.8 Å². The van der Waals surface area contributed by atoms with Crippen LogP contribution in [0.4, 0.5) is 0 Å². The van der Waals surface area contributed by atoms with Gasteiger partial charge in [0.05, 0.1) is 6.61 Å². The molecule has 0 N–H and O–H groups in total. The fourth-order valence-electron chi connectivity index (χ4n) is 1.44. The second-order valence-electron chi connectivity index (χ2n) is 3.64. The van der Waals surface area contributed by atoms with E-state index in [4.69, 9.17) is 21.1 Å². The molecule has 2 rings (SSSR count). The Morgan fingerprint density at radius 3 is 2.33 bits per heavy atom. The van der Waals surface area contributed by atoms with Crippen LogP contribution in [0, 0.1) is 0 Å². The van der Waals surface area contributed by atoms with Gasteiger partial charge in [-0.3, -0.25) is 0 Å². The lowest BCUT2D eigenvalue weighted by Crippen LogP contribution is -1.92. The first kappa shape index (κ1) is 12.7. The first-order valence-electron chi connectivity index (χ1n) is 5.73. The molecular formula is C14H14ClNO2. The van der Waals surface area contributed by atoms with E-state index in [1.165, 1.54) is 0 Å². The summed E-state index contributed by atoms with van der Waals surface area (Å²) in [5.41, 5.74) is 0.968.